The van der Waals surface area contributed by atoms with Crippen molar-refractivity contribution in [2.75, 3.05) is 0 Å². The first kappa shape index (κ1) is 20.6. The Morgan fingerprint density at radius 1 is 1.21 bits per heavy atom. The fourth-order valence-electron chi connectivity index (χ4n) is 3.34. The van der Waals surface area contributed by atoms with Crippen molar-refractivity contribution in [1.82, 2.24) is 10.3 Å². The monoisotopic (exact) mass is 408 g/mol. The van der Waals surface area contributed by atoms with Crippen LogP contribution in [0.25, 0.3) is 0 Å². The van der Waals surface area contributed by atoms with Crippen molar-refractivity contribution in [3.8, 4) is 5.75 Å². The van der Waals surface area contributed by atoms with Crippen molar-refractivity contribution in [3.63, 3.8) is 0 Å². The van der Waals surface area contributed by atoms with Gasteiger partial charge in [0.15, 0.2) is 5.78 Å². The Labute approximate surface area is 164 Å². The summed E-state index contributed by atoms with van der Waals surface area (Å²) >= 11 is 0. The molecule has 1 amide bonds. The van der Waals surface area contributed by atoms with Crippen molar-refractivity contribution < 1.29 is 27.5 Å². The average Bonchev–Trinajstić information content (AvgIpc) is 2.57. The zero-order chi connectivity index (χ0) is 21.4. The number of H-pyrrole nitrogens is 1. The number of alkyl halides is 3. The number of pyridine rings is 1. The minimum Gasteiger partial charge on any atom is -0.405 e. The number of nitrogens with one attached hydrogen (secondary N) is 2. The van der Waals surface area contributed by atoms with E-state index < -0.39 is 23.6 Å². The quantitative estimate of drug-likeness (QED) is 0.812. The van der Waals surface area contributed by atoms with E-state index in [1.165, 1.54) is 24.3 Å². The number of para-hydroxylation sites is 1. The minimum absolute atomic E-state index is 0.0883. The van der Waals surface area contributed by atoms with Gasteiger partial charge in [0.1, 0.15) is 11.3 Å². The summed E-state index contributed by atoms with van der Waals surface area (Å²) in [4.78, 5) is 39.7. The van der Waals surface area contributed by atoms with Crippen LogP contribution in [0.2, 0.25) is 0 Å². The summed E-state index contributed by atoms with van der Waals surface area (Å²) in [5.74, 6) is -1.42. The van der Waals surface area contributed by atoms with Gasteiger partial charge in [-0.25, -0.2) is 0 Å². The van der Waals surface area contributed by atoms with Crippen LogP contribution in [0.1, 0.15) is 52.2 Å². The Kier molecular flexibility index (Phi) is 5.25. The number of aromatic amines is 1. The number of aromatic nitrogens is 1. The van der Waals surface area contributed by atoms with E-state index in [2.05, 4.69) is 15.0 Å². The number of carbonyl (C=O) groups is 2. The molecular weight excluding hydrogens is 389 g/mol. The van der Waals surface area contributed by atoms with Crippen molar-refractivity contribution >= 4 is 11.7 Å². The van der Waals surface area contributed by atoms with Crippen LogP contribution in [0.3, 0.4) is 0 Å². The number of halogens is 3. The number of hydrogen-bond donors (Lipinski definition) is 2. The van der Waals surface area contributed by atoms with Gasteiger partial charge in [0.05, 0.1) is 0 Å². The van der Waals surface area contributed by atoms with Crippen molar-refractivity contribution in [1.29, 1.82) is 0 Å². The molecule has 2 N–H and O–H groups in total. The molecular formula is C20H19F3N2O4. The van der Waals surface area contributed by atoms with Crippen LogP contribution in [-0.4, -0.2) is 23.0 Å². The lowest BCUT2D eigenvalue weighted by Crippen LogP contribution is -2.34. The maximum absolute atomic E-state index is 12.5. The molecule has 1 aromatic carbocycles. The summed E-state index contributed by atoms with van der Waals surface area (Å²) in [6.07, 6.45) is -4.09. The van der Waals surface area contributed by atoms with Gasteiger partial charge in [-0.3, -0.25) is 14.4 Å². The molecule has 0 fully saturated rings. The van der Waals surface area contributed by atoms with Gasteiger partial charge < -0.3 is 15.0 Å². The molecule has 2 aromatic rings. The molecule has 0 unspecified atom stereocenters. The molecule has 3 rings (SSSR count). The maximum atomic E-state index is 12.5. The fourth-order valence-corrected chi connectivity index (χ4v) is 3.34. The van der Waals surface area contributed by atoms with Crippen LogP contribution in [0.5, 0.6) is 5.75 Å². The predicted molar refractivity (Wildman–Crippen MR) is 97.8 cm³/mol. The number of Topliss-reactive ketones (excluding diaryl/α,β-unsaturated/α-hetero) is 1. The van der Waals surface area contributed by atoms with E-state index in [4.69, 9.17) is 0 Å². The summed E-state index contributed by atoms with van der Waals surface area (Å²) in [6, 6.07) is 6.61. The zero-order valence-electron chi connectivity index (χ0n) is 15.8. The molecule has 6 nitrogen and oxygen atoms in total. The number of rotatable bonds is 4. The van der Waals surface area contributed by atoms with E-state index in [0.717, 1.165) is 6.07 Å². The lowest BCUT2D eigenvalue weighted by molar-refractivity contribution is -0.274. The number of hydrogen-bond acceptors (Lipinski definition) is 4. The molecule has 1 aliphatic carbocycles. The maximum Gasteiger partial charge on any atom is 0.573 e. The molecule has 9 heteroatoms. The third kappa shape index (κ3) is 4.85. The number of carbonyl (C=O) groups excluding carboxylic acids is 2. The van der Waals surface area contributed by atoms with Gasteiger partial charge >= 0.3 is 6.36 Å². The highest BCUT2D eigenvalue weighted by Gasteiger charge is 2.33. The van der Waals surface area contributed by atoms with Crippen molar-refractivity contribution in [3.05, 3.63) is 63.1 Å². The number of ketones is 1. The van der Waals surface area contributed by atoms with Gasteiger partial charge in [0, 0.05) is 29.8 Å². The Morgan fingerprint density at radius 2 is 1.90 bits per heavy atom. The van der Waals surface area contributed by atoms with Crippen LogP contribution in [-0.2, 0) is 13.0 Å². The zero-order valence-corrected chi connectivity index (χ0v) is 15.8. The molecule has 0 radical (unpaired) electrons. The minimum atomic E-state index is -4.87. The highest BCUT2D eigenvalue weighted by molar-refractivity contribution is 6.02. The fraction of sp³-hybridized carbons (Fsp3) is 0.350. The molecule has 0 bridgehead atoms. The van der Waals surface area contributed by atoms with Gasteiger partial charge in [-0.2, -0.15) is 0 Å². The molecule has 0 saturated carbocycles. The van der Waals surface area contributed by atoms with Crippen LogP contribution >= 0.6 is 0 Å². The first-order valence-electron chi connectivity index (χ1n) is 8.86. The van der Waals surface area contributed by atoms with Crippen LogP contribution in [0.15, 0.2) is 35.1 Å². The summed E-state index contributed by atoms with van der Waals surface area (Å²) in [5.41, 5.74) is -0.367. The van der Waals surface area contributed by atoms with E-state index in [-0.39, 0.29) is 40.9 Å². The first-order chi connectivity index (χ1) is 13.5. The summed E-state index contributed by atoms with van der Waals surface area (Å²) < 4.78 is 41.4. The standard InChI is InChI=1S/C20H19F3N2O4/c1-19(2)8-14-12(15(26)9-19)7-13(18(28)25-14)17(27)24-10-11-5-3-4-6-16(11)29-20(21,22)23/h3-7H,8-10H2,1-2H3,(H,24,27)(H,25,28). The van der Waals surface area contributed by atoms with Crippen LogP contribution in [0, 0.1) is 5.41 Å². The molecule has 0 saturated heterocycles. The summed E-state index contributed by atoms with van der Waals surface area (Å²) in [7, 11) is 0. The van der Waals surface area contributed by atoms with Gasteiger partial charge in [0.25, 0.3) is 11.5 Å². The molecule has 0 spiro atoms. The Bertz CT molecular complexity index is 1030. The van der Waals surface area contributed by atoms with E-state index in [9.17, 15) is 27.6 Å². The lowest BCUT2D eigenvalue weighted by atomic mass is 9.75. The number of amides is 1. The summed E-state index contributed by atoms with van der Waals surface area (Å²) in [5, 5.41) is 2.40. The normalized spacial score (nSPS) is 15.6. The molecule has 1 heterocycles. The molecule has 0 atom stereocenters. The predicted octanol–water partition coefficient (Wildman–Crippen LogP) is 3.36. The Balaban J connectivity index is 1.81. The molecule has 1 aromatic heterocycles. The number of benzene rings is 1. The average molecular weight is 408 g/mol. The van der Waals surface area contributed by atoms with Gasteiger partial charge in [-0.05, 0) is 24.0 Å². The van der Waals surface area contributed by atoms with Crippen molar-refractivity contribution in [2.24, 2.45) is 5.41 Å². The smallest absolute Gasteiger partial charge is 0.405 e. The van der Waals surface area contributed by atoms with Crippen LogP contribution in [0.4, 0.5) is 13.2 Å². The molecule has 1 aliphatic rings. The van der Waals surface area contributed by atoms with Gasteiger partial charge in [-0.1, -0.05) is 32.0 Å². The largest absolute Gasteiger partial charge is 0.573 e. The summed E-state index contributed by atoms with van der Waals surface area (Å²) in [6.45, 7) is 3.53. The van der Waals surface area contributed by atoms with E-state index in [1.54, 1.807) is 0 Å². The van der Waals surface area contributed by atoms with E-state index >= 15 is 0 Å². The van der Waals surface area contributed by atoms with E-state index in [0.29, 0.717) is 12.1 Å². The number of fused-ring (bicyclic) bond motifs is 1. The Hall–Kier alpha value is -3.10. The van der Waals surface area contributed by atoms with E-state index in [1.807, 2.05) is 13.8 Å². The topological polar surface area (TPSA) is 88.3 Å². The van der Waals surface area contributed by atoms with Gasteiger partial charge in [0.2, 0.25) is 0 Å². The molecule has 0 aliphatic heterocycles. The number of ether oxygens (including phenoxy) is 1. The van der Waals surface area contributed by atoms with Gasteiger partial charge in [-0.15, -0.1) is 13.2 Å². The molecule has 154 valence electrons. The first-order valence-corrected chi connectivity index (χ1v) is 8.86. The second kappa shape index (κ2) is 7.38. The highest BCUT2D eigenvalue weighted by Crippen LogP contribution is 2.33. The lowest BCUT2D eigenvalue weighted by Gasteiger charge is -2.29. The third-order valence-electron chi connectivity index (χ3n) is 4.60. The van der Waals surface area contributed by atoms with Crippen LogP contribution < -0.4 is 15.6 Å². The highest BCUT2D eigenvalue weighted by atomic mass is 19.4. The third-order valence-corrected chi connectivity index (χ3v) is 4.60. The SMILES string of the molecule is CC1(C)CC(=O)c2cc(C(=O)NCc3ccccc3OC(F)(F)F)c(=O)[nH]c2C1. The molecule has 29 heavy (non-hydrogen) atoms. The second-order valence-corrected chi connectivity index (χ2v) is 7.68. The van der Waals surface area contributed by atoms with Crippen molar-refractivity contribution in [2.45, 2.75) is 39.6 Å². The Morgan fingerprint density at radius 3 is 2.59 bits per heavy atom. The second-order valence-electron chi connectivity index (χ2n) is 7.68.